The van der Waals surface area contributed by atoms with Crippen LogP contribution < -0.4 is 14.8 Å². The number of hydrogen-bond acceptors (Lipinski definition) is 5. The van der Waals surface area contributed by atoms with Crippen LogP contribution >= 0.6 is 0 Å². The van der Waals surface area contributed by atoms with Gasteiger partial charge in [-0.15, -0.1) is 0 Å². The first-order valence-electron chi connectivity index (χ1n) is 12.2. The molecule has 36 heavy (non-hydrogen) atoms. The van der Waals surface area contributed by atoms with E-state index >= 15 is 0 Å². The van der Waals surface area contributed by atoms with Crippen molar-refractivity contribution in [2.75, 3.05) is 19.8 Å². The monoisotopic (exact) mass is 489 g/mol. The number of benzene rings is 3. The molecule has 4 rings (SSSR count). The van der Waals surface area contributed by atoms with Gasteiger partial charge in [-0.05, 0) is 53.3 Å². The average molecular weight is 490 g/mol. The Morgan fingerprint density at radius 1 is 0.917 bits per heavy atom. The van der Waals surface area contributed by atoms with Crippen LogP contribution in [0, 0.1) is 0 Å². The summed E-state index contributed by atoms with van der Waals surface area (Å²) in [5.74, 6) is -0.0869. The lowest BCUT2D eigenvalue weighted by molar-refractivity contribution is -0.139. The number of carbonyl (C=O) groups excluding carboxylic acids is 1. The number of ether oxygens (including phenoxy) is 3. The Hall–Kier alpha value is -4.00. The smallest absolute Gasteiger partial charge is 0.407 e. The highest BCUT2D eigenvalue weighted by molar-refractivity contribution is 5.81. The first-order valence-corrected chi connectivity index (χ1v) is 12.2. The lowest BCUT2D eigenvalue weighted by atomic mass is 9.98. The van der Waals surface area contributed by atoms with E-state index in [9.17, 15) is 14.7 Å². The molecule has 0 bridgehead atoms. The molecule has 2 N–H and O–H groups in total. The van der Waals surface area contributed by atoms with Crippen LogP contribution in [0.2, 0.25) is 0 Å². The maximum atomic E-state index is 12.6. The van der Waals surface area contributed by atoms with Gasteiger partial charge in [0.2, 0.25) is 0 Å². The highest BCUT2D eigenvalue weighted by Crippen LogP contribution is 2.44. The number of rotatable bonds is 11. The standard InChI is InChI=1S/C29H31NO6/c1-3-15-35-26-14-13-19(17-27(26)34-4-2)16-25(28(31)32)30-29(33)36-18-24-22-11-7-5-9-20(22)21-10-6-8-12-23(21)24/h5-14,17,24-25H,3-4,15-16,18H2,1-2H3,(H,30,33)(H,31,32). The molecule has 0 saturated carbocycles. The van der Waals surface area contributed by atoms with Crippen molar-refractivity contribution in [3.63, 3.8) is 0 Å². The van der Waals surface area contributed by atoms with Gasteiger partial charge in [0, 0.05) is 12.3 Å². The van der Waals surface area contributed by atoms with E-state index in [1.165, 1.54) is 0 Å². The first-order chi connectivity index (χ1) is 17.5. The summed E-state index contributed by atoms with van der Waals surface area (Å²) in [6.45, 7) is 5.01. The van der Waals surface area contributed by atoms with Gasteiger partial charge in [0.05, 0.1) is 13.2 Å². The molecular weight excluding hydrogens is 458 g/mol. The molecule has 7 nitrogen and oxygen atoms in total. The third-order valence-corrected chi connectivity index (χ3v) is 6.14. The molecule has 188 valence electrons. The fourth-order valence-corrected chi connectivity index (χ4v) is 4.50. The van der Waals surface area contributed by atoms with Gasteiger partial charge in [-0.3, -0.25) is 0 Å². The van der Waals surface area contributed by atoms with Crippen molar-refractivity contribution in [1.29, 1.82) is 0 Å². The maximum absolute atomic E-state index is 12.6. The van der Waals surface area contributed by atoms with Gasteiger partial charge in [0.25, 0.3) is 0 Å². The minimum Gasteiger partial charge on any atom is -0.490 e. The largest absolute Gasteiger partial charge is 0.490 e. The predicted molar refractivity (Wildman–Crippen MR) is 137 cm³/mol. The summed E-state index contributed by atoms with van der Waals surface area (Å²) < 4.78 is 16.9. The molecule has 7 heteroatoms. The topological polar surface area (TPSA) is 94.1 Å². The molecule has 0 aromatic heterocycles. The van der Waals surface area contributed by atoms with E-state index in [4.69, 9.17) is 14.2 Å². The number of hydrogen-bond donors (Lipinski definition) is 2. The van der Waals surface area contributed by atoms with Crippen LogP contribution in [0.4, 0.5) is 4.79 Å². The maximum Gasteiger partial charge on any atom is 0.407 e. The van der Waals surface area contributed by atoms with Crippen LogP contribution in [0.1, 0.15) is 42.9 Å². The molecule has 1 aliphatic rings. The quantitative estimate of drug-likeness (QED) is 0.374. The fraction of sp³-hybridized carbons (Fsp3) is 0.310. The number of carboxylic acid groups (broad SMARTS) is 1. The second kappa shape index (κ2) is 11.6. The molecule has 0 radical (unpaired) electrons. The Labute approximate surface area is 211 Å². The molecule has 0 heterocycles. The first kappa shape index (κ1) is 25.1. The van der Waals surface area contributed by atoms with Crippen LogP contribution in [-0.2, 0) is 16.0 Å². The Bertz CT molecular complexity index is 1180. The summed E-state index contributed by atoms with van der Waals surface area (Å²) in [6, 6.07) is 20.2. The molecule has 0 fully saturated rings. The molecule has 1 aliphatic carbocycles. The van der Waals surface area contributed by atoms with Crippen LogP contribution in [0.5, 0.6) is 11.5 Å². The van der Waals surface area contributed by atoms with Crippen molar-refractivity contribution in [1.82, 2.24) is 5.32 Å². The predicted octanol–water partition coefficient (Wildman–Crippen LogP) is 5.41. The zero-order valence-corrected chi connectivity index (χ0v) is 20.5. The number of fused-ring (bicyclic) bond motifs is 3. The summed E-state index contributed by atoms with van der Waals surface area (Å²) in [5, 5.41) is 12.2. The van der Waals surface area contributed by atoms with Crippen molar-refractivity contribution in [3.05, 3.63) is 83.4 Å². The third-order valence-electron chi connectivity index (χ3n) is 6.14. The van der Waals surface area contributed by atoms with E-state index in [0.717, 1.165) is 28.7 Å². The minimum atomic E-state index is -1.16. The summed E-state index contributed by atoms with van der Waals surface area (Å²) in [4.78, 5) is 24.5. The third kappa shape index (κ3) is 5.62. The number of nitrogens with one attached hydrogen (secondary N) is 1. The van der Waals surface area contributed by atoms with Crippen molar-refractivity contribution in [2.45, 2.75) is 38.6 Å². The van der Waals surface area contributed by atoms with Crippen molar-refractivity contribution in [2.24, 2.45) is 0 Å². The van der Waals surface area contributed by atoms with Crippen molar-refractivity contribution in [3.8, 4) is 22.6 Å². The SMILES string of the molecule is CCCOc1ccc(CC(NC(=O)OCC2c3ccccc3-c3ccccc32)C(=O)O)cc1OCC. The highest BCUT2D eigenvalue weighted by atomic mass is 16.5. The van der Waals surface area contributed by atoms with Crippen molar-refractivity contribution >= 4 is 12.1 Å². The van der Waals surface area contributed by atoms with Gasteiger partial charge in [0.1, 0.15) is 12.6 Å². The number of carboxylic acids is 1. The lowest BCUT2D eigenvalue weighted by Gasteiger charge is -2.18. The van der Waals surface area contributed by atoms with Crippen LogP contribution in [0.15, 0.2) is 66.7 Å². The summed E-state index contributed by atoms with van der Waals surface area (Å²) >= 11 is 0. The zero-order chi connectivity index (χ0) is 25.5. The van der Waals surface area contributed by atoms with Gasteiger partial charge in [-0.1, -0.05) is 61.5 Å². The fourth-order valence-electron chi connectivity index (χ4n) is 4.50. The second-order valence-corrected chi connectivity index (χ2v) is 8.63. The summed E-state index contributed by atoms with van der Waals surface area (Å²) in [6.07, 6.45) is 0.170. The van der Waals surface area contributed by atoms with E-state index in [1.54, 1.807) is 18.2 Å². The van der Waals surface area contributed by atoms with Crippen molar-refractivity contribution < 1.29 is 28.9 Å². The molecule has 0 saturated heterocycles. The van der Waals surface area contributed by atoms with E-state index in [2.05, 4.69) is 17.4 Å². The molecule has 1 unspecified atom stereocenters. The van der Waals surface area contributed by atoms with Gasteiger partial charge >= 0.3 is 12.1 Å². The Kier molecular flexibility index (Phi) is 8.10. The Morgan fingerprint density at radius 2 is 1.58 bits per heavy atom. The van der Waals surface area contributed by atoms with E-state index in [1.807, 2.05) is 50.2 Å². The molecular formula is C29H31NO6. The van der Waals surface area contributed by atoms with E-state index < -0.39 is 18.1 Å². The molecule has 3 aromatic carbocycles. The molecule has 3 aromatic rings. The summed E-state index contributed by atoms with van der Waals surface area (Å²) in [5.41, 5.74) is 5.14. The van der Waals surface area contributed by atoms with Gasteiger partial charge in [0.15, 0.2) is 11.5 Å². The molecule has 0 aliphatic heterocycles. The van der Waals surface area contributed by atoms with Gasteiger partial charge in [-0.2, -0.15) is 0 Å². The summed E-state index contributed by atoms with van der Waals surface area (Å²) in [7, 11) is 0. The minimum absolute atomic E-state index is 0.0770. The second-order valence-electron chi connectivity index (χ2n) is 8.63. The number of amides is 1. The Balaban J connectivity index is 1.41. The van der Waals surface area contributed by atoms with E-state index in [0.29, 0.717) is 30.3 Å². The Morgan fingerprint density at radius 3 is 2.19 bits per heavy atom. The van der Waals surface area contributed by atoms with Crippen LogP contribution in [-0.4, -0.2) is 43.0 Å². The van der Waals surface area contributed by atoms with Crippen LogP contribution in [0.25, 0.3) is 11.1 Å². The normalized spacial score (nSPS) is 12.8. The molecule has 0 spiro atoms. The van der Waals surface area contributed by atoms with Gasteiger partial charge in [-0.25, -0.2) is 9.59 Å². The highest BCUT2D eigenvalue weighted by Gasteiger charge is 2.30. The number of carbonyl (C=O) groups is 2. The zero-order valence-electron chi connectivity index (χ0n) is 20.5. The lowest BCUT2D eigenvalue weighted by Crippen LogP contribution is -2.42. The average Bonchev–Trinajstić information content (AvgIpc) is 3.20. The van der Waals surface area contributed by atoms with Crippen LogP contribution in [0.3, 0.4) is 0 Å². The van der Waals surface area contributed by atoms with E-state index in [-0.39, 0.29) is 18.9 Å². The number of alkyl carbamates (subject to hydrolysis) is 1. The number of aliphatic carboxylic acids is 1. The van der Waals surface area contributed by atoms with Gasteiger partial charge < -0.3 is 24.6 Å². The molecule has 1 atom stereocenters. The molecule has 1 amide bonds.